The molecule has 2 heterocycles. The van der Waals surface area contributed by atoms with Gasteiger partial charge in [-0.1, -0.05) is 6.07 Å². The molecule has 2 aliphatic rings. The molecule has 0 radical (unpaired) electrons. The highest BCUT2D eigenvalue weighted by atomic mass is 19.1. The Hall–Kier alpha value is -2.07. The SMILES string of the molecule is O=C(NC[C@H]1O[C@@H](CC(=O)N2CCOCC2)[C@H](O)[C@@H]1O)c1cccc(F)c1. The van der Waals surface area contributed by atoms with E-state index in [2.05, 4.69) is 5.32 Å². The summed E-state index contributed by atoms with van der Waals surface area (Å²) in [6.45, 7) is 1.83. The van der Waals surface area contributed by atoms with Gasteiger partial charge in [-0.05, 0) is 18.2 Å². The molecule has 0 bridgehead atoms. The van der Waals surface area contributed by atoms with Gasteiger partial charge < -0.3 is 29.9 Å². The summed E-state index contributed by atoms with van der Waals surface area (Å²) in [7, 11) is 0. The van der Waals surface area contributed by atoms with Gasteiger partial charge in [0.2, 0.25) is 5.91 Å². The van der Waals surface area contributed by atoms with Crippen molar-refractivity contribution in [3.05, 3.63) is 35.6 Å². The first-order chi connectivity index (χ1) is 13.0. The molecule has 2 aliphatic heterocycles. The lowest BCUT2D eigenvalue weighted by Gasteiger charge is -2.28. The average Bonchev–Trinajstić information content (AvgIpc) is 2.94. The molecule has 9 heteroatoms. The van der Waals surface area contributed by atoms with Gasteiger partial charge in [-0.3, -0.25) is 9.59 Å². The quantitative estimate of drug-likeness (QED) is 0.621. The minimum atomic E-state index is -1.24. The van der Waals surface area contributed by atoms with Crippen molar-refractivity contribution in [1.82, 2.24) is 10.2 Å². The van der Waals surface area contributed by atoms with E-state index in [1.807, 2.05) is 0 Å². The Morgan fingerprint density at radius 3 is 2.59 bits per heavy atom. The third-order valence-corrected chi connectivity index (χ3v) is 4.75. The van der Waals surface area contributed by atoms with Crippen LogP contribution in [0.1, 0.15) is 16.8 Å². The predicted octanol–water partition coefficient (Wildman–Crippen LogP) is -0.706. The summed E-state index contributed by atoms with van der Waals surface area (Å²) in [6, 6.07) is 5.21. The van der Waals surface area contributed by atoms with Gasteiger partial charge >= 0.3 is 0 Å². The number of rotatable bonds is 5. The van der Waals surface area contributed by atoms with E-state index in [-0.39, 0.29) is 24.4 Å². The van der Waals surface area contributed by atoms with Gasteiger partial charge in [0.1, 0.15) is 24.1 Å². The van der Waals surface area contributed by atoms with Crippen molar-refractivity contribution in [3.8, 4) is 0 Å². The number of aliphatic hydroxyl groups excluding tert-OH is 2. The predicted molar refractivity (Wildman–Crippen MR) is 91.4 cm³/mol. The second-order valence-electron chi connectivity index (χ2n) is 6.61. The number of aliphatic hydroxyl groups is 2. The minimum absolute atomic E-state index is 0.0629. The maximum atomic E-state index is 13.2. The average molecular weight is 382 g/mol. The molecule has 2 saturated heterocycles. The Bertz CT molecular complexity index is 682. The first kappa shape index (κ1) is 19.7. The van der Waals surface area contributed by atoms with Crippen LogP contribution in [0.15, 0.2) is 24.3 Å². The lowest BCUT2D eigenvalue weighted by Crippen LogP contribution is -2.43. The van der Waals surface area contributed by atoms with Gasteiger partial charge in [0, 0.05) is 25.2 Å². The summed E-state index contributed by atoms with van der Waals surface area (Å²) in [5, 5.41) is 22.9. The molecule has 1 aromatic carbocycles. The lowest BCUT2D eigenvalue weighted by atomic mass is 10.0. The van der Waals surface area contributed by atoms with Gasteiger partial charge in [-0.25, -0.2) is 4.39 Å². The second kappa shape index (κ2) is 8.75. The maximum Gasteiger partial charge on any atom is 0.251 e. The number of morpholine rings is 1. The Morgan fingerprint density at radius 1 is 1.19 bits per heavy atom. The highest BCUT2D eigenvalue weighted by molar-refractivity contribution is 5.94. The van der Waals surface area contributed by atoms with E-state index in [0.29, 0.717) is 26.3 Å². The van der Waals surface area contributed by atoms with E-state index in [9.17, 15) is 24.2 Å². The second-order valence-corrected chi connectivity index (χ2v) is 6.61. The molecule has 4 atom stereocenters. The van der Waals surface area contributed by atoms with Crippen LogP contribution in [0.3, 0.4) is 0 Å². The molecule has 0 unspecified atom stereocenters. The Kier molecular flexibility index (Phi) is 6.38. The van der Waals surface area contributed by atoms with Crippen LogP contribution in [0, 0.1) is 5.82 Å². The van der Waals surface area contributed by atoms with Crippen molar-refractivity contribution in [2.24, 2.45) is 0 Å². The van der Waals surface area contributed by atoms with Crippen molar-refractivity contribution in [3.63, 3.8) is 0 Å². The van der Waals surface area contributed by atoms with Crippen LogP contribution in [-0.4, -0.2) is 84.2 Å². The molecule has 3 N–H and O–H groups in total. The third-order valence-electron chi connectivity index (χ3n) is 4.75. The molecule has 3 rings (SSSR count). The molecule has 1 aromatic rings. The molecule has 2 amide bonds. The van der Waals surface area contributed by atoms with Gasteiger partial charge in [0.05, 0.1) is 25.7 Å². The molecular formula is C18H23FN2O6. The highest BCUT2D eigenvalue weighted by Crippen LogP contribution is 2.24. The minimum Gasteiger partial charge on any atom is -0.388 e. The number of hydrogen-bond donors (Lipinski definition) is 3. The number of benzene rings is 1. The fourth-order valence-corrected chi connectivity index (χ4v) is 3.20. The summed E-state index contributed by atoms with van der Waals surface area (Å²) in [4.78, 5) is 26.0. The molecule has 27 heavy (non-hydrogen) atoms. The number of carbonyl (C=O) groups is 2. The van der Waals surface area contributed by atoms with E-state index in [4.69, 9.17) is 9.47 Å². The van der Waals surface area contributed by atoms with Crippen LogP contribution in [-0.2, 0) is 14.3 Å². The van der Waals surface area contributed by atoms with Gasteiger partial charge in [-0.15, -0.1) is 0 Å². The van der Waals surface area contributed by atoms with Crippen molar-refractivity contribution < 1.29 is 33.7 Å². The number of halogens is 1. The number of hydrogen-bond acceptors (Lipinski definition) is 6. The number of nitrogens with one attached hydrogen (secondary N) is 1. The smallest absolute Gasteiger partial charge is 0.251 e. The van der Waals surface area contributed by atoms with Crippen LogP contribution >= 0.6 is 0 Å². The summed E-state index contributed by atoms with van der Waals surface area (Å²) in [5.74, 6) is -1.23. The van der Waals surface area contributed by atoms with Gasteiger partial charge in [0.25, 0.3) is 5.91 Å². The zero-order valence-electron chi connectivity index (χ0n) is 14.7. The highest BCUT2D eigenvalue weighted by Gasteiger charge is 2.43. The lowest BCUT2D eigenvalue weighted by molar-refractivity contribution is -0.139. The van der Waals surface area contributed by atoms with Crippen LogP contribution in [0.25, 0.3) is 0 Å². The Morgan fingerprint density at radius 2 is 1.89 bits per heavy atom. The molecule has 0 aromatic heterocycles. The standard InChI is InChI=1S/C18H23FN2O6/c19-12-3-1-2-11(8-12)18(25)20-10-14-17(24)16(23)13(27-14)9-15(22)21-4-6-26-7-5-21/h1-3,8,13-14,16-17,23-24H,4-7,9-10H2,(H,20,25)/t13-,14+,16-,17+/m0/s1. The summed E-state index contributed by atoms with van der Waals surface area (Å²) >= 11 is 0. The number of amides is 2. The van der Waals surface area contributed by atoms with E-state index in [1.54, 1.807) is 4.90 Å². The van der Waals surface area contributed by atoms with Crippen molar-refractivity contribution in [1.29, 1.82) is 0 Å². The molecule has 0 saturated carbocycles. The molecule has 148 valence electrons. The van der Waals surface area contributed by atoms with Crippen LogP contribution < -0.4 is 5.32 Å². The zero-order valence-corrected chi connectivity index (χ0v) is 14.7. The van der Waals surface area contributed by atoms with Crippen molar-refractivity contribution in [2.75, 3.05) is 32.8 Å². The number of carbonyl (C=O) groups excluding carboxylic acids is 2. The van der Waals surface area contributed by atoms with Crippen molar-refractivity contribution >= 4 is 11.8 Å². The van der Waals surface area contributed by atoms with E-state index in [1.165, 1.54) is 18.2 Å². The summed E-state index contributed by atoms with van der Waals surface area (Å²) in [6.07, 6.45) is -4.25. The monoisotopic (exact) mass is 382 g/mol. The number of nitrogens with zero attached hydrogens (tertiary/aromatic N) is 1. The number of ether oxygens (including phenoxy) is 2. The molecule has 8 nitrogen and oxygen atoms in total. The summed E-state index contributed by atoms with van der Waals surface area (Å²) in [5.41, 5.74) is 0.141. The molecule has 2 fully saturated rings. The topological polar surface area (TPSA) is 108 Å². The van der Waals surface area contributed by atoms with E-state index >= 15 is 0 Å². The van der Waals surface area contributed by atoms with Gasteiger partial charge in [-0.2, -0.15) is 0 Å². The molecular weight excluding hydrogens is 359 g/mol. The van der Waals surface area contributed by atoms with Crippen LogP contribution in [0.2, 0.25) is 0 Å². The Labute approximate surface area is 155 Å². The fourth-order valence-electron chi connectivity index (χ4n) is 3.20. The Balaban J connectivity index is 1.51. The molecule has 0 spiro atoms. The summed E-state index contributed by atoms with van der Waals surface area (Å²) < 4.78 is 24.0. The van der Waals surface area contributed by atoms with Crippen LogP contribution in [0.5, 0.6) is 0 Å². The van der Waals surface area contributed by atoms with Crippen molar-refractivity contribution in [2.45, 2.75) is 30.8 Å². The molecule has 0 aliphatic carbocycles. The van der Waals surface area contributed by atoms with E-state index < -0.39 is 36.1 Å². The maximum absolute atomic E-state index is 13.2. The third kappa shape index (κ3) is 4.81. The van der Waals surface area contributed by atoms with Crippen LogP contribution in [0.4, 0.5) is 4.39 Å². The van der Waals surface area contributed by atoms with E-state index in [0.717, 1.165) is 6.07 Å². The first-order valence-electron chi connectivity index (χ1n) is 8.86. The fraction of sp³-hybridized carbons (Fsp3) is 0.556. The van der Waals surface area contributed by atoms with Gasteiger partial charge in [0.15, 0.2) is 0 Å². The first-order valence-corrected chi connectivity index (χ1v) is 8.86. The normalized spacial score (nSPS) is 28.2. The zero-order chi connectivity index (χ0) is 19.4. The largest absolute Gasteiger partial charge is 0.388 e.